The molecule has 0 saturated carbocycles. The molecule has 39 heavy (non-hydrogen) atoms. The van der Waals surface area contributed by atoms with Crippen LogP contribution >= 0.6 is 0 Å². The number of carbonyl (C=O) groups is 1. The fraction of sp³-hybridized carbons (Fsp3) is 0.414. The van der Waals surface area contributed by atoms with Crippen LogP contribution in [0.2, 0.25) is 0 Å². The third-order valence-electron chi connectivity index (χ3n) is 6.61. The summed E-state index contributed by atoms with van der Waals surface area (Å²) >= 11 is 0. The van der Waals surface area contributed by atoms with Gasteiger partial charge >= 0.3 is 0 Å². The van der Waals surface area contributed by atoms with Crippen molar-refractivity contribution in [1.82, 2.24) is 9.62 Å². The van der Waals surface area contributed by atoms with Crippen LogP contribution in [0.4, 0.5) is 10.1 Å². The molecule has 6 N–H and O–H groups in total. The number of amides is 1. The summed E-state index contributed by atoms with van der Waals surface area (Å²) in [6.07, 6.45) is 1.93. The van der Waals surface area contributed by atoms with E-state index >= 15 is 0 Å². The zero-order chi connectivity index (χ0) is 28.6. The van der Waals surface area contributed by atoms with E-state index in [0.29, 0.717) is 32.2 Å². The molecule has 3 aromatic rings. The number of hydrogen-bond donors (Lipinski definition) is 4. The van der Waals surface area contributed by atoms with Gasteiger partial charge in [0, 0.05) is 19.1 Å². The lowest BCUT2D eigenvalue weighted by molar-refractivity contribution is -0.122. The minimum absolute atomic E-state index is 0.0177. The van der Waals surface area contributed by atoms with E-state index in [0.717, 1.165) is 22.4 Å². The fourth-order valence-corrected chi connectivity index (χ4v) is 6.32. The van der Waals surface area contributed by atoms with Gasteiger partial charge < -0.3 is 21.9 Å². The van der Waals surface area contributed by atoms with Crippen molar-refractivity contribution in [2.75, 3.05) is 25.4 Å². The van der Waals surface area contributed by atoms with Gasteiger partial charge in [-0.3, -0.25) is 4.79 Å². The predicted molar refractivity (Wildman–Crippen MR) is 153 cm³/mol. The average Bonchev–Trinajstić information content (AvgIpc) is 2.90. The SMILES string of the molecule is CC(C)CN([C@H](CO)CCCCNC(=O)[C@@H](N)Cc1ccc2ccccc2c1)S(=O)(=O)c1ccc(N)c(F)c1. The number of nitrogens with zero attached hydrogens (tertiary/aromatic N) is 1. The van der Waals surface area contributed by atoms with Crippen LogP contribution in [0.1, 0.15) is 38.7 Å². The summed E-state index contributed by atoms with van der Waals surface area (Å²) in [4.78, 5) is 12.3. The Morgan fingerprint density at radius 2 is 1.77 bits per heavy atom. The number of nitrogens with one attached hydrogen (secondary N) is 1. The third kappa shape index (κ3) is 8.22. The second-order valence-corrected chi connectivity index (χ2v) is 12.2. The number of unbranched alkanes of at least 4 members (excludes halogenated alkanes) is 1. The summed E-state index contributed by atoms with van der Waals surface area (Å²) in [5.41, 5.74) is 12.5. The van der Waals surface area contributed by atoms with Crippen LogP contribution in [0.25, 0.3) is 10.8 Å². The lowest BCUT2D eigenvalue weighted by Crippen LogP contribution is -2.44. The van der Waals surface area contributed by atoms with Crippen LogP contribution in [0.15, 0.2) is 65.6 Å². The van der Waals surface area contributed by atoms with Gasteiger partial charge in [-0.1, -0.05) is 62.7 Å². The van der Waals surface area contributed by atoms with Crippen LogP contribution in [-0.2, 0) is 21.2 Å². The number of sulfonamides is 1. The monoisotopic (exact) mass is 558 g/mol. The highest BCUT2D eigenvalue weighted by atomic mass is 32.2. The molecule has 2 atom stereocenters. The number of aliphatic hydroxyl groups is 1. The first kappa shape index (κ1) is 30.5. The van der Waals surface area contributed by atoms with Gasteiger partial charge in [0.2, 0.25) is 15.9 Å². The van der Waals surface area contributed by atoms with E-state index < -0.39 is 27.9 Å². The van der Waals surface area contributed by atoms with Gasteiger partial charge in [0.05, 0.1) is 23.2 Å². The number of aliphatic hydroxyl groups excluding tert-OH is 1. The molecule has 0 fully saturated rings. The molecule has 3 aromatic carbocycles. The molecule has 212 valence electrons. The number of benzene rings is 3. The van der Waals surface area contributed by atoms with E-state index in [-0.39, 0.29) is 35.6 Å². The molecule has 0 heterocycles. The predicted octanol–water partition coefficient (Wildman–Crippen LogP) is 3.43. The highest BCUT2D eigenvalue weighted by Crippen LogP contribution is 2.25. The number of rotatable bonds is 14. The maximum Gasteiger partial charge on any atom is 0.243 e. The summed E-state index contributed by atoms with van der Waals surface area (Å²) < 4.78 is 41.9. The van der Waals surface area contributed by atoms with Gasteiger partial charge in [0.25, 0.3) is 0 Å². The Morgan fingerprint density at radius 1 is 1.05 bits per heavy atom. The zero-order valence-electron chi connectivity index (χ0n) is 22.5. The number of carbonyl (C=O) groups excluding carboxylic acids is 1. The first-order valence-corrected chi connectivity index (χ1v) is 14.7. The summed E-state index contributed by atoms with van der Waals surface area (Å²) in [6.45, 7) is 3.91. The van der Waals surface area contributed by atoms with Crippen LogP contribution in [0.5, 0.6) is 0 Å². The van der Waals surface area contributed by atoms with Gasteiger partial charge in [0.15, 0.2) is 0 Å². The van der Waals surface area contributed by atoms with E-state index in [9.17, 15) is 22.7 Å². The molecular formula is C29H39FN4O4S. The average molecular weight is 559 g/mol. The zero-order valence-corrected chi connectivity index (χ0v) is 23.3. The number of halogens is 1. The van der Waals surface area contributed by atoms with Crippen molar-refractivity contribution >= 4 is 32.4 Å². The van der Waals surface area contributed by atoms with Gasteiger partial charge in [-0.05, 0) is 59.7 Å². The lowest BCUT2D eigenvalue weighted by Gasteiger charge is -2.31. The number of nitrogens with two attached hydrogens (primary N) is 2. The Kier molecular flexibility index (Phi) is 10.8. The van der Waals surface area contributed by atoms with Crippen molar-refractivity contribution in [3.05, 3.63) is 72.0 Å². The Balaban J connectivity index is 1.53. The second-order valence-electron chi connectivity index (χ2n) is 10.3. The molecule has 10 heteroatoms. The topological polar surface area (TPSA) is 139 Å². The quantitative estimate of drug-likeness (QED) is 0.177. The number of nitrogen functional groups attached to an aromatic ring is 1. The number of fused-ring (bicyclic) bond motifs is 1. The summed E-state index contributed by atoms with van der Waals surface area (Å²) in [7, 11) is -4.07. The summed E-state index contributed by atoms with van der Waals surface area (Å²) in [5.74, 6) is -1.08. The molecule has 0 spiro atoms. The molecule has 0 bridgehead atoms. The second kappa shape index (κ2) is 13.8. The number of anilines is 1. The molecule has 0 radical (unpaired) electrons. The maximum atomic E-state index is 14.0. The molecule has 0 aromatic heterocycles. The van der Waals surface area contributed by atoms with E-state index in [4.69, 9.17) is 11.5 Å². The van der Waals surface area contributed by atoms with Crippen molar-refractivity contribution < 1.29 is 22.7 Å². The van der Waals surface area contributed by atoms with Crippen molar-refractivity contribution in [2.24, 2.45) is 11.7 Å². The van der Waals surface area contributed by atoms with Gasteiger partial charge in [0.1, 0.15) is 5.82 Å². The summed E-state index contributed by atoms with van der Waals surface area (Å²) in [5, 5.41) is 15.1. The van der Waals surface area contributed by atoms with Gasteiger partial charge in [-0.2, -0.15) is 4.31 Å². The van der Waals surface area contributed by atoms with E-state index in [1.54, 1.807) is 0 Å². The molecule has 0 aliphatic rings. The van der Waals surface area contributed by atoms with Crippen molar-refractivity contribution in [2.45, 2.75) is 56.5 Å². The Bertz CT molecular complexity index is 1370. The third-order valence-corrected chi connectivity index (χ3v) is 8.53. The maximum absolute atomic E-state index is 14.0. The van der Waals surface area contributed by atoms with Crippen LogP contribution < -0.4 is 16.8 Å². The van der Waals surface area contributed by atoms with E-state index in [2.05, 4.69) is 5.32 Å². The van der Waals surface area contributed by atoms with Crippen molar-refractivity contribution in [1.29, 1.82) is 0 Å². The van der Waals surface area contributed by atoms with Crippen LogP contribution in [0, 0.1) is 11.7 Å². The normalized spacial score (nSPS) is 13.6. The Morgan fingerprint density at radius 3 is 2.44 bits per heavy atom. The number of hydrogen-bond acceptors (Lipinski definition) is 6. The van der Waals surface area contributed by atoms with Gasteiger partial charge in [-0.15, -0.1) is 0 Å². The Labute approximate surface area is 230 Å². The smallest absolute Gasteiger partial charge is 0.243 e. The van der Waals surface area contributed by atoms with E-state index in [1.165, 1.54) is 16.4 Å². The molecule has 0 saturated heterocycles. The molecule has 8 nitrogen and oxygen atoms in total. The Hall–Kier alpha value is -3.05. The first-order chi connectivity index (χ1) is 18.5. The molecule has 1 amide bonds. The van der Waals surface area contributed by atoms with Gasteiger partial charge in [-0.25, -0.2) is 12.8 Å². The van der Waals surface area contributed by atoms with Crippen molar-refractivity contribution in [3.63, 3.8) is 0 Å². The first-order valence-electron chi connectivity index (χ1n) is 13.2. The van der Waals surface area contributed by atoms with E-state index in [1.807, 2.05) is 56.3 Å². The largest absolute Gasteiger partial charge is 0.396 e. The highest BCUT2D eigenvalue weighted by molar-refractivity contribution is 7.89. The summed E-state index contributed by atoms with van der Waals surface area (Å²) in [6, 6.07) is 16.0. The van der Waals surface area contributed by atoms with Crippen LogP contribution in [-0.4, -0.2) is 55.5 Å². The molecule has 0 aliphatic carbocycles. The fourth-order valence-electron chi connectivity index (χ4n) is 4.49. The van der Waals surface area contributed by atoms with Crippen molar-refractivity contribution in [3.8, 4) is 0 Å². The molecular weight excluding hydrogens is 519 g/mol. The molecule has 0 aliphatic heterocycles. The van der Waals surface area contributed by atoms with Crippen LogP contribution in [0.3, 0.4) is 0 Å². The lowest BCUT2D eigenvalue weighted by atomic mass is 10.0. The standard InChI is InChI=1S/C29H39FN4O4S/c1-20(2)18-34(39(37,38)25-12-13-27(31)26(30)17-25)24(19-35)9-5-6-14-33-29(36)28(32)16-21-10-11-22-7-3-4-8-23(22)15-21/h3-4,7-8,10-13,15,17,20,24,28,35H,5-6,9,14,16,18-19,31-32H2,1-2H3,(H,33,36)/t24-,28-/m0/s1. The molecule has 0 unspecified atom stereocenters. The minimum atomic E-state index is -4.07. The molecule has 3 rings (SSSR count). The minimum Gasteiger partial charge on any atom is -0.396 e. The highest BCUT2D eigenvalue weighted by Gasteiger charge is 2.32.